The predicted molar refractivity (Wildman–Crippen MR) is 85.7 cm³/mol. The first kappa shape index (κ1) is 16.1. The van der Waals surface area contributed by atoms with Crippen LogP contribution in [0.25, 0.3) is 0 Å². The lowest BCUT2D eigenvalue weighted by Gasteiger charge is -2.37. The summed E-state index contributed by atoms with van der Waals surface area (Å²) in [5.41, 5.74) is 0.680. The van der Waals surface area contributed by atoms with Crippen molar-refractivity contribution in [1.82, 2.24) is 4.90 Å². The number of halogens is 1. The first-order valence-electron chi connectivity index (χ1n) is 7.63. The van der Waals surface area contributed by atoms with E-state index in [2.05, 4.69) is 5.32 Å². The molecule has 1 aromatic carbocycles. The number of anilines is 1. The molecular weight excluding hydrogens is 288 g/mol. The maximum Gasteiger partial charge on any atom is 0.322 e. The van der Waals surface area contributed by atoms with E-state index in [0.717, 1.165) is 32.1 Å². The van der Waals surface area contributed by atoms with Gasteiger partial charge < -0.3 is 15.3 Å². The third-order valence-electron chi connectivity index (χ3n) is 3.90. The molecule has 0 aliphatic heterocycles. The van der Waals surface area contributed by atoms with Gasteiger partial charge in [-0.15, -0.1) is 0 Å². The third kappa shape index (κ3) is 4.35. The number of hydrogen-bond donors (Lipinski definition) is 2. The maximum absolute atomic E-state index is 12.5. The molecule has 4 nitrogen and oxygen atoms in total. The fraction of sp³-hybridized carbons (Fsp3) is 0.562. The standard InChI is InChI=1S/C16H23ClN2O2/c1-2-10-19(14-8-3-4-9-15(14)20)16(21)18-13-7-5-6-12(17)11-13/h5-7,11,14-15,20H,2-4,8-10H2,1H3,(H,18,21). The molecule has 0 heterocycles. The highest BCUT2D eigenvalue weighted by atomic mass is 35.5. The van der Waals surface area contributed by atoms with Crippen molar-refractivity contribution in [3.05, 3.63) is 29.3 Å². The number of urea groups is 1. The van der Waals surface area contributed by atoms with Gasteiger partial charge >= 0.3 is 6.03 Å². The van der Waals surface area contributed by atoms with Gasteiger partial charge in [0.15, 0.2) is 0 Å². The molecule has 0 aromatic heterocycles. The van der Waals surface area contributed by atoms with E-state index in [1.807, 2.05) is 13.0 Å². The van der Waals surface area contributed by atoms with E-state index in [1.165, 1.54) is 0 Å². The van der Waals surface area contributed by atoms with Gasteiger partial charge in [0, 0.05) is 17.3 Å². The van der Waals surface area contributed by atoms with E-state index in [-0.39, 0.29) is 12.1 Å². The van der Waals surface area contributed by atoms with Crippen LogP contribution in [0.1, 0.15) is 39.0 Å². The van der Waals surface area contributed by atoms with Gasteiger partial charge in [0.2, 0.25) is 0 Å². The van der Waals surface area contributed by atoms with Crippen LogP contribution in [0.2, 0.25) is 5.02 Å². The molecule has 1 fully saturated rings. The topological polar surface area (TPSA) is 52.6 Å². The van der Waals surface area contributed by atoms with Crippen molar-refractivity contribution in [2.24, 2.45) is 0 Å². The molecule has 2 unspecified atom stereocenters. The zero-order chi connectivity index (χ0) is 15.2. The van der Waals surface area contributed by atoms with Gasteiger partial charge in [-0.25, -0.2) is 4.79 Å². The molecular formula is C16H23ClN2O2. The molecule has 0 bridgehead atoms. The fourth-order valence-corrected chi connectivity index (χ4v) is 3.07. The average molecular weight is 311 g/mol. The largest absolute Gasteiger partial charge is 0.391 e. The smallest absolute Gasteiger partial charge is 0.322 e. The number of hydrogen-bond acceptors (Lipinski definition) is 2. The molecule has 2 rings (SSSR count). The minimum atomic E-state index is -0.421. The number of benzene rings is 1. The first-order valence-corrected chi connectivity index (χ1v) is 8.01. The van der Waals surface area contributed by atoms with E-state index >= 15 is 0 Å². The Morgan fingerprint density at radius 2 is 2.19 bits per heavy atom. The van der Waals surface area contributed by atoms with E-state index < -0.39 is 6.10 Å². The normalized spacial score (nSPS) is 21.9. The van der Waals surface area contributed by atoms with Crippen LogP contribution in [0.3, 0.4) is 0 Å². The quantitative estimate of drug-likeness (QED) is 0.886. The molecule has 0 radical (unpaired) electrons. The SMILES string of the molecule is CCCN(C(=O)Nc1cccc(Cl)c1)C1CCCCC1O. The van der Waals surface area contributed by atoms with Crippen molar-refractivity contribution < 1.29 is 9.90 Å². The Morgan fingerprint density at radius 1 is 1.43 bits per heavy atom. The highest BCUT2D eigenvalue weighted by Gasteiger charge is 2.31. The van der Waals surface area contributed by atoms with Gasteiger partial charge in [0.1, 0.15) is 0 Å². The zero-order valence-electron chi connectivity index (χ0n) is 12.4. The van der Waals surface area contributed by atoms with Crippen LogP contribution in [-0.4, -0.2) is 34.7 Å². The summed E-state index contributed by atoms with van der Waals surface area (Å²) in [5.74, 6) is 0. The highest BCUT2D eigenvalue weighted by molar-refractivity contribution is 6.30. The van der Waals surface area contributed by atoms with Crippen LogP contribution in [-0.2, 0) is 0 Å². The Kier molecular flexibility index (Phi) is 5.88. The van der Waals surface area contributed by atoms with E-state index in [9.17, 15) is 9.90 Å². The average Bonchev–Trinajstić information content (AvgIpc) is 2.45. The summed E-state index contributed by atoms with van der Waals surface area (Å²) in [7, 11) is 0. The number of rotatable bonds is 4. The Hall–Kier alpha value is -1.26. The second-order valence-corrected chi connectivity index (χ2v) is 5.99. The fourth-order valence-electron chi connectivity index (χ4n) is 2.88. The molecule has 2 N–H and O–H groups in total. The van der Waals surface area contributed by atoms with Crippen molar-refractivity contribution >= 4 is 23.3 Å². The summed E-state index contributed by atoms with van der Waals surface area (Å²) in [6.45, 7) is 2.68. The van der Waals surface area contributed by atoms with Crippen LogP contribution in [0.15, 0.2) is 24.3 Å². The molecule has 0 saturated heterocycles. The number of amides is 2. The van der Waals surface area contributed by atoms with Crippen LogP contribution in [0, 0.1) is 0 Å². The number of nitrogens with zero attached hydrogens (tertiary/aromatic N) is 1. The van der Waals surface area contributed by atoms with Gasteiger partial charge in [-0.1, -0.05) is 37.4 Å². The summed E-state index contributed by atoms with van der Waals surface area (Å²) in [6.07, 6.45) is 4.18. The van der Waals surface area contributed by atoms with Crippen molar-refractivity contribution in [3.63, 3.8) is 0 Å². The van der Waals surface area contributed by atoms with Gasteiger partial charge in [-0.3, -0.25) is 0 Å². The van der Waals surface area contributed by atoms with Crippen molar-refractivity contribution in [2.45, 2.75) is 51.2 Å². The lowest BCUT2D eigenvalue weighted by molar-refractivity contribution is 0.0397. The molecule has 2 atom stereocenters. The van der Waals surface area contributed by atoms with Crippen LogP contribution >= 0.6 is 11.6 Å². The van der Waals surface area contributed by atoms with Crippen molar-refractivity contribution in [2.75, 3.05) is 11.9 Å². The first-order chi connectivity index (χ1) is 10.1. The summed E-state index contributed by atoms with van der Waals surface area (Å²) < 4.78 is 0. The monoisotopic (exact) mass is 310 g/mol. The summed E-state index contributed by atoms with van der Waals surface area (Å²) in [6, 6.07) is 6.86. The van der Waals surface area contributed by atoms with Crippen LogP contribution in [0.5, 0.6) is 0 Å². The lowest BCUT2D eigenvalue weighted by atomic mass is 9.91. The van der Waals surface area contributed by atoms with Crippen LogP contribution < -0.4 is 5.32 Å². The Balaban J connectivity index is 2.07. The maximum atomic E-state index is 12.5. The third-order valence-corrected chi connectivity index (χ3v) is 4.13. The summed E-state index contributed by atoms with van der Waals surface area (Å²) in [5, 5.41) is 13.6. The molecule has 5 heteroatoms. The van der Waals surface area contributed by atoms with E-state index in [0.29, 0.717) is 17.3 Å². The predicted octanol–water partition coefficient (Wildman–Crippen LogP) is 3.89. The number of carbonyl (C=O) groups excluding carboxylic acids is 1. The zero-order valence-corrected chi connectivity index (χ0v) is 13.1. The van der Waals surface area contributed by atoms with E-state index in [4.69, 9.17) is 11.6 Å². The molecule has 1 aliphatic carbocycles. The molecule has 116 valence electrons. The molecule has 2 amide bonds. The summed E-state index contributed by atoms with van der Waals surface area (Å²) >= 11 is 5.94. The Bertz CT molecular complexity index is 481. The van der Waals surface area contributed by atoms with Crippen molar-refractivity contribution in [3.8, 4) is 0 Å². The Labute approximate surface area is 131 Å². The lowest BCUT2D eigenvalue weighted by Crippen LogP contribution is -2.50. The molecule has 0 spiro atoms. The Morgan fingerprint density at radius 3 is 2.86 bits per heavy atom. The van der Waals surface area contributed by atoms with Gasteiger partial charge in [0.25, 0.3) is 0 Å². The number of carbonyl (C=O) groups is 1. The second-order valence-electron chi connectivity index (χ2n) is 5.55. The highest BCUT2D eigenvalue weighted by Crippen LogP contribution is 2.24. The van der Waals surface area contributed by atoms with Crippen LogP contribution in [0.4, 0.5) is 10.5 Å². The molecule has 1 aromatic rings. The number of nitrogens with one attached hydrogen (secondary N) is 1. The van der Waals surface area contributed by atoms with E-state index in [1.54, 1.807) is 23.1 Å². The van der Waals surface area contributed by atoms with Gasteiger partial charge in [-0.2, -0.15) is 0 Å². The van der Waals surface area contributed by atoms with Gasteiger partial charge in [0.05, 0.1) is 12.1 Å². The summed E-state index contributed by atoms with van der Waals surface area (Å²) in [4.78, 5) is 14.3. The second kappa shape index (κ2) is 7.66. The molecule has 21 heavy (non-hydrogen) atoms. The molecule has 1 saturated carbocycles. The van der Waals surface area contributed by atoms with Gasteiger partial charge in [-0.05, 0) is 37.5 Å². The number of aliphatic hydroxyl groups excluding tert-OH is 1. The number of aliphatic hydroxyl groups is 1. The minimum absolute atomic E-state index is 0.0853. The van der Waals surface area contributed by atoms with Crippen molar-refractivity contribution in [1.29, 1.82) is 0 Å². The molecule has 1 aliphatic rings. The minimum Gasteiger partial charge on any atom is -0.391 e.